The van der Waals surface area contributed by atoms with Crippen LogP contribution in [0.1, 0.15) is 27.7 Å². The van der Waals surface area contributed by atoms with Gasteiger partial charge in [-0.1, -0.05) is 0 Å². The summed E-state index contributed by atoms with van der Waals surface area (Å²) in [6.45, 7) is 8.08. The van der Waals surface area contributed by atoms with Gasteiger partial charge in [0.2, 0.25) is 5.91 Å². The highest BCUT2D eigenvalue weighted by Gasteiger charge is 2.17. The molecule has 0 spiro atoms. The Bertz CT molecular complexity index is 124. The van der Waals surface area contributed by atoms with Crippen molar-refractivity contribution in [3.05, 3.63) is 0 Å². The molecule has 0 heterocycles. The molecule has 0 saturated heterocycles. The summed E-state index contributed by atoms with van der Waals surface area (Å²) in [5.41, 5.74) is 5.26. The molecule has 1 amide bonds. The molecular formula is C8H18N2O. The van der Waals surface area contributed by atoms with E-state index in [0.717, 1.165) is 0 Å². The Labute approximate surface area is 68.6 Å². The Morgan fingerprint density at radius 2 is 1.64 bits per heavy atom. The molecule has 0 unspecified atom stereocenters. The lowest BCUT2D eigenvalue weighted by Crippen LogP contribution is -2.45. The zero-order chi connectivity index (χ0) is 9.02. The van der Waals surface area contributed by atoms with Gasteiger partial charge in [-0.25, -0.2) is 0 Å². The number of carbonyl (C=O) groups excluding carboxylic acids is 1. The normalized spacial score (nSPS) is 10.8. The molecule has 0 bridgehead atoms. The molecule has 0 aliphatic heterocycles. The predicted octanol–water partition coefficient (Wildman–Crippen LogP) is 0.590. The number of carbonyl (C=O) groups is 1. The first kappa shape index (κ1) is 10.4. The largest absolute Gasteiger partial charge is 0.337 e. The maximum Gasteiger partial charge on any atom is 0.236 e. The Balaban J connectivity index is 4.22. The number of nitrogens with zero attached hydrogens (tertiary/aromatic N) is 1. The fourth-order valence-corrected chi connectivity index (χ4v) is 1.28. The van der Waals surface area contributed by atoms with Gasteiger partial charge in [-0.3, -0.25) is 4.79 Å². The van der Waals surface area contributed by atoms with Gasteiger partial charge < -0.3 is 10.6 Å². The van der Waals surface area contributed by atoms with Crippen LogP contribution >= 0.6 is 0 Å². The van der Waals surface area contributed by atoms with Crippen molar-refractivity contribution in [3.63, 3.8) is 0 Å². The highest BCUT2D eigenvalue weighted by atomic mass is 16.2. The summed E-state index contributed by atoms with van der Waals surface area (Å²) in [6.07, 6.45) is 0. The quantitative estimate of drug-likeness (QED) is 0.653. The maximum absolute atomic E-state index is 11.2. The first-order valence-electron chi connectivity index (χ1n) is 4.02. The number of amides is 1. The smallest absolute Gasteiger partial charge is 0.236 e. The Hall–Kier alpha value is -0.570. The van der Waals surface area contributed by atoms with E-state index in [-0.39, 0.29) is 24.5 Å². The number of rotatable bonds is 3. The maximum atomic E-state index is 11.2. The minimum Gasteiger partial charge on any atom is -0.337 e. The first-order chi connectivity index (χ1) is 5.00. The van der Waals surface area contributed by atoms with E-state index in [4.69, 9.17) is 5.73 Å². The molecule has 3 heteroatoms. The average molecular weight is 158 g/mol. The summed E-state index contributed by atoms with van der Waals surface area (Å²) in [7, 11) is 0. The van der Waals surface area contributed by atoms with Crippen molar-refractivity contribution in [1.29, 1.82) is 0 Å². The zero-order valence-corrected chi connectivity index (χ0v) is 7.79. The molecule has 0 aromatic heterocycles. The Morgan fingerprint density at radius 3 is 1.73 bits per heavy atom. The van der Waals surface area contributed by atoms with Gasteiger partial charge in [0.25, 0.3) is 0 Å². The molecule has 0 fully saturated rings. The van der Waals surface area contributed by atoms with Crippen molar-refractivity contribution in [3.8, 4) is 0 Å². The van der Waals surface area contributed by atoms with Gasteiger partial charge in [0, 0.05) is 12.1 Å². The van der Waals surface area contributed by atoms with Crippen molar-refractivity contribution in [1.82, 2.24) is 4.90 Å². The van der Waals surface area contributed by atoms with Gasteiger partial charge in [0.05, 0.1) is 6.54 Å². The summed E-state index contributed by atoms with van der Waals surface area (Å²) < 4.78 is 0. The van der Waals surface area contributed by atoms with Crippen LogP contribution in [0.5, 0.6) is 0 Å². The molecular weight excluding hydrogens is 140 g/mol. The van der Waals surface area contributed by atoms with Crippen LogP contribution in [0.15, 0.2) is 0 Å². The second-order valence-corrected chi connectivity index (χ2v) is 3.19. The zero-order valence-electron chi connectivity index (χ0n) is 7.79. The van der Waals surface area contributed by atoms with Gasteiger partial charge in [0.1, 0.15) is 0 Å². The van der Waals surface area contributed by atoms with E-state index >= 15 is 0 Å². The summed E-state index contributed by atoms with van der Waals surface area (Å²) >= 11 is 0. The second kappa shape index (κ2) is 4.34. The summed E-state index contributed by atoms with van der Waals surface area (Å²) in [6, 6.07) is 0.483. The lowest BCUT2D eigenvalue weighted by molar-refractivity contribution is -0.133. The van der Waals surface area contributed by atoms with Crippen LogP contribution in [0.4, 0.5) is 0 Å². The standard InChI is InChI=1S/C8H18N2O/c1-6(2)10(7(3)4)8(11)5-9/h6-7H,5,9H2,1-4H3. The highest BCUT2D eigenvalue weighted by molar-refractivity contribution is 5.78. The molecule has 3 nitrogen and oxygen atoms in total. The minimum atomic E-state index is 0.0231. The van der Waals surface area contributed by atoms with Gasteiger partial charge in [0.15, 0.2) is 0 Å². The molecule has 66 valence electrons. The molecule has 0 saturated carbocycles. The highest BCUT2D eigenvalue weighted by Crippen LogP contribution is 2.03. The van der Waals surface area contributed by atoms with Crippen LogP contribution in [0, 0.1) is 0 Å². The summed E-state index contributed by atoms with van der Waals surface area (Å²) in [4.78, 5) is 13.0. The summed E-state index contributed by atoms with van der Waals surface area (Å²) in [5.74, 6) is 0.0231. The van der Waals surface area contributed by atoms with E-state index in [1.807, 2.05) is 27.7 Å². The molecule has 0 rings (SSSR count). The van der Waals surface area contributed by atoms with Crippen molar-refractivity contribution in [2.24, 2.45) is 5.73 Å². The minimum absolute atomic E-state index is 0.0231. The molecule has 0 atom stereocenters. The molecule has 0 aliphatic carbocycles. The third-order valence-electron chi connectivity index (χ3n) is 1.58. The van der Waals surface area contributed by atoms with E-state index in [1.165, 1.54) is 0 Å². The van der Waals surface area contributed by atoms with Gasteiger partial charge in [-0.2, -0.15) is 0 Å². The fourth-order valence-electron chi connectivity index (χ4n) is 1.28. The van der Waals surface area contributed by atoms with Crippen LogP contribution in [0.2, 0.25) is 0 Å². The van der Waals surface area contributed by atoms with Crippen molar-refractivity contribution < 1.29 is 4.79 Å². The Morgan fingerprint density at radius 1 is 1.27 bits per heavy atom. The van der Waals surface area contributed by atoms with E-state index in [0.29, 0.717) is 0 Å². The number of nitrogens with two attached hydrogens (primary N) is 1. The lowest BCUT2D eigenvalue weighted by Gasteiger charge is -2.30. The number of hydrogen-bond donors (Lipinski definition) is 1. The molecule has 0 aromatic rings. The van der Waals surface area contributed by atoms with Crippen molar-refractivity contribution in [2.75, 3.05) is 6.54 Å². The fraction of sp³-hybridized carbons (Fsp3) is 0.875. The van der Waals surface area contributed by atoms with Crippen LogP contribution in [-0.2, 0) is 4.79 Å². The van der Waals surface area contributed by atoms with Crippen molar-refractivity contribution >= 4 is 5.91 Å². The number of hydrogen-bond acceptors (Lipinski definition) is 2. The van der Waals surface area contributed by atoms with Crippen LogP contribution in [0.25, 0.3) is 0 Å². The monoisotopic (exact) mass is 158 g/mol. The molecule has 0 aromatic carbocycles. The molecule has 11 heavy (non-hydrogen) atoms. The third-order valence-corrected chi connectivity index (χ3v) is 1.58. The van der Waals surface area contributed by atoms with Crippen LogP contribution in [-0.4, -0.2) is 29.4 Å². The summed E-state index contributed by atoms with van der Waals surface area (Å²) in [5, 5.41) is 0. The lowest BCUT2D eigenvalue weighted by atomic mass is 10.2. The predicted molar refractivity (Wildman–Crippen MR) is 46.2 cm³/mol. The SMILES string of the molecule is CC(C)N(C(=O)CN)C(C)C. The topological polar surface area (TPSA) is 46.3 Å². The van der Waals surface area contributed by atoms with E-state index < -0.39 is 0 Å². The third kappa shape index (κ3) is 2.89. The van der Waals surface area contributed by atoms with Gasteiger partial charge in [-0.05, 0) is 27.7 Å². The first-order valence-corrected chi connectivity index (χ1v) is 4.02. The average Bonchev–Trinajstić information content (AvgIpc) is 1.85. The molecule has 2 N–H and O–H groups in total. The Kier molecular flexibility index (Phi) is 4.11. The van der Waals surface area contributed by atoms with Gasteiger partial charge in [-0.15, -0.1) is 0 Å². The van der Waals surface area contributed by atoms with Gasteiger partial charge >= 0.3 is 0 Å². The second-order valence-electron chi connectivity index (χ2n) is 3.19. The van der Waals surface area contributed by atoms with E-state index in [1.54, 1.807) is 4.90 Å². The van der Waals surface area contributed by atoms with E-state index in [9.17, 15) is 4.79 Å². The van der Waals surface area contributed by atoms with Crippen LogP contribution in [0.3, 0.4) is 0 Å². The van der Waals surface area contributed by atoms with Crippen LogP contribution < -0.4 is 5.73 Å². The van der Waals surface area contributed by atoms with Crippen molar-refractivity contribution in [2.45, 2.75) is 39.8 Å². The molecule has 0 radical (unpaired) electrons. The van der Waals surface area contributed by atoms with E-state index in [2.05, 4.69) is 0 Å². The molecule has 0 aliphatic rings.